The fraction of sp³-hybridized carbons (Fsp3) is 0.562. The number of hydrogen-bond acceptors (Lipinski definition) is 6. The molecule has 27 heavy (non-hydrogen) atoms. The summed E-state index contributed by atoms with van der Waals surface area (Å²) in [5.74, 6) is -0.769. The molecule has 2 rings (SSSR count). The number of aromatic nitrogens is 4. The fourth-order valence-electron chi connectivity index (χ4n) is 3.30. The van der Waals surface area contributed by atoms with E-state index in [0.29, 0.717) is 16.7 Å². The van der Waals surface area contributed by atoms with Crippen molar-refractivity contribution in [2.24, 2.45) is 11.8 Å². The fourth-order valence-corrected chi connectivity index (χ4v) is 5.10. The topological polar surface area (TPSA) is 136 Å². The Morgan fingerprint density at radius 1 is 1.37 bits per heavy atom. The lowest BCUT2D eigenvalue weighted by Crippen LogP contribution is -2.44. The number of nitrogens with zero attached hydrogens (tertiary/aromatic N) is 4. The summed E-state index contributed by atoms with van der Waals surface area (Å²) in [5, 5.41) is -1.44. The molecule has 4 N–H and O–H groups in total. The van der Waals surface area contributed by atoms with Crippen LogP contribution in [0.3, 0.4) is 0 Å². The molecule has 150 valence electrons. The Labute approximate surface area is 162 Å². The van der Waals surface area contributed by atoms with E-state index in [1.54, 1.807) is 32.3 Å². The van der Waals surface area contributed by atoms with Crippen LogP contribution in [-0.2, 0) is 15.8 Å². The first-order chi connectivity index (χ1) is 12.4. The number of fused-ring (bicyclic) bond motifs is 1. The number of nitrogens with two attached hydrogens (primary N) is 1. The molecule has 11 heteroatoms. The lowest BCUT2D eigenvalue weighted by molar-refractivity contribution is -0.0530. The highest BCUT2D eigenvalue weighted by Gasteiger charge is 2.53. The summed E-state index contributed by atoms with van der Waals surface area (Å²) >= 11 is 6.01. The van der Waals surface area contributed by atoms with Crippen LogP contribution in [0.15, 0.2) is 18.5 Å². The van der Waals surface area contributed by atoms with Crippen LogP contribution in [0.1, 0.15) is 27.7 Å². The molecule has 0 aliphatic carbocycles. The summed E-state index contributed by atoms with van der Waals surface area (Å²) in [6.07, 6.45) is 1.52. The van der Waals surface area contributed by atoms with E-state index in [9.17, 15) is 14.4 Å². The summed E-state index contributed by atoms with van der Waals surface area (Å²) in [6.45, 7) is 11.1. The highest BCUT2D eigenvalue weighted by molar-refractivity contribution is 7.53. The monoisotopic (exact) mass is 417 g/mol. The predicted octanol–water partition coefficient (Wildman–Crippen LogP) is 2.82. The normalized spacial score (nSPS) is 13.1. The second kappa shape index (κ2) is 7.85. The van der Waals surface area contributed by atoms with E-state index in [2.05, 4.69) is 21.5 Å². The van der Waals surface area contributed by atoms with E-state index < -0.39 is 24.8 Å². The van der Waals surface area contributed by atoms with Crippen molar-refractivity contribution in [3.63, 3.8) is 0 Å². The quantitative estimate of drug-likeness (QED) is 0.339. The van der Waals surface area contributed by atoms with Gasteiger partial charge in [0.2, 0.25) is 5.95 Å². The average Bonchev–Trinajstić information content (AvgIpc) is 2.88. The molecule has 0 fully saturated rings. The van der Waals surface area contributed by atoms with Crippen LogP contribution in [0.4, 0.5) is 5.95 Å². The number of ether oxygens (including phenoxy) is 1. The molecular weight excluding hydrogens is 393 g/mol. The van der Waals surface area contributed by atoms with Gasteiger partial charge in [0, 0.05) is 6.54 Å². The highest BCUT2D eigenvalue weighted by Crippen LogP contribution is 2.59. The first kappa shape index (κ1) is 21.8. The van der Waals surface area contributed by atoms with Crippen LogP contribution >= 0.6 is 19.2 Å². The van der Waals surface area contributed by atoms with Gasteiger partial charge in [-0.15, -0.1) is 0 Å². The maximum absolute atomic E-state index is 12.2. The number of anilines is 1. The van der Waals surface area contributed by atoms with Crippen molar-refractivity contribution in [1.82, 2.24) is 19.5 Å². The summed E-state index contributed by atoms with van der Waals surface area (Å²) in [7, 11) is -4.54. The number of hydrogen-bond donors (Lipinski definition) is 3. The SMILES string of the molecule is C=C(COC(C(C)C)(C(C)C)P(=O)(O)O)Cn1cnc2c(Cl)nc(N)nc21. The summed E-state index contributed by atoms with van der Waals surface area (Å²) in [5.41, 5.74) is 7.07. The summed E-state index contributed by atoms with van der Waals surface area (Å²) < 4.78 is 19.7. The smallest absolute Gasteiger partial charge is 0.357 e. The third-order valence-electron chi connectivity index (χ3n) is 4.45. The second-order valence-corrected chi connectivity index (χ2v) is 9.21. The molecule has 0 spiro atoms. The molecule has 2 aromatic heterocycles. The predicted molar refractivity (Wildman–Crippen MR) is 104 cm³/mol. The van der Waals surface area contributed by atoms with Gasteiger partial charge in [0.05, 0.1) is 12.9 Å². The van der Waals surface area contributed by atoms with Crippen LogP contribution < -0.4 is 5.73 Å². The Bertz CT molecular complexity index is 884. The zero-order chi connectivity index (χ0) is 20.6. The Kier molecular flexibility index (Phi) is 6.33. The lowest BCUT2D eigenvalue weighted by Gasteiger charge is -2.41. The average molecular weight is 418 g/mol. The Hall–Kier alpha value is -1.51. The van der Waals surface area contributed by atoms with Crippen molar-refractivity contribution >= 4 is 36.3 Å². The van der Waals surface area contributed by atoms with Gasteiger partial charge in [0.1, 0.15) is 5.52 Å². The molecule has 0 atom stereocenters. The standard InChI is InChI=1S/C16H25ClN5O4P/c1-9(2)16(10(3)4,27(23,24)25)26-7-11(5)6-22-8-19-12-13(17)20-15(18)21-14(12)22/h8-10H,5-7H2,1-4H3,(H2,18,20,21)(H2,23,24,25). The summed E-state index contributed by atoms with van der Waals surface area (Å²) in [4.78, 5) is 32.0. The van der Waals surface area contributed by atoms with E-state index >= 15 is 0 Å². The minimum atomic E-state index is -4.54. The van der Waals surface area contributed by atoms with Crippen LogP contribution in [0, 0.1) is 11.8 Å². The van der Waals surface area contributed by atoms with Gasteiger partial charge in [-0.25, -0.2) is 4.98 Å². The van der Waals surface area contributed by atoms with Gasteiger partial charge in [-0.3, -0.25) is 4.57 Å². The maximum atomic E-state index is 12.2. The molecule has 0 saturated carbocycles. The first-order valence-corrected chi connectivity index (χ1v) is 10.4. The molecule has 0 aromatic carbocycles. The number of rotatable bonds is 8. The molecule has 9 nitrogen and oxygen atoms in total. The zero-order valence-electron chi connectivity index (χ0n) is 15.8. The Balaban J connectivity index is 2.22. The third-order valence-corrected chi connectivity index (χ3v) is 6.79. The van der Waals surface area contributed by atoms with Gasteiger partial charge in [-0.1, -0.05) is 45.9 Å². The van der Waals surface area contributed by atoms with Gasteiger partial charge in [0.15, 0.2) is 16.1 Å². The second-order valence-electron chi connectivity index (χ2n) is 7.06. The van der Waals surface area contributed by atoms with Crippen molar-refractivity contribution in [3.05, 3.63) is 23.6 Å². The molecule has 0 aliphatic heterocycles. The lowest BCUT2D eigenvalue weighted by atomic mass is 9.95. The molecular formula is C16H25ClN5O4P. The molecule has 0 unspecified atom stereocenters. The molecule has 2 heterocycles. The van der Waals surface area contributed by atoms with Crippen molar-refractivity contribution in [2.75, 3.05) is 12.3 Å². The molecule has 0 radical (unpaired) electrons. The number of nitrogen functional groups attached to an aromatic ring is 1. The molecule has 0 amide bonds. The largest absolute Gasteiger partial charge is 0.368 e. The minimum absolute atomic E-state index is 0.0243. The van der Waals surface area contributed by atoms with E-state index in [4.69, 9.17) is 22.1 Å². The van der Waals surface area contributed by atoms with Gasteiger partial charge in [0.25, 0.3) is 0 Å². The Morgan fingerprint density at radius 3 is 2.48 bits per heavy atom. The van der Waals surface area contributed by atoms with E-state index in [1.807, 2.05) is 0 Å². The van der Waals surface area contributed by atoms with E-state index in [1.165, 1.54) is 6.33 Å². The van der Waals surface area contributed by atoms with Crippen molar-refractivity contribution in [2.45, 2.75) is 39.6 Å². The zero-order valence-corrected chi connectivity index (χ0v) is 17.4. The van der Waals surface area contributed by atoms with Crippen molar-refractivity contribution in [3.8, 4) is 0 Å². The van der Waals surface area contributed by atoms with Gasteiger partial charge < -0.3 is 24.8 Å². The van der Waals surface area contributed by atoms with Crippen LogP contribution in [-0.4, -0.2) is 41.3 Å². The molecule has 2 aromatic rings. The number of halogens is 1. The van der Waals surface area contributed by atoms with Crippen LogP contribution in [0.5, 0.6) is 0 Å². The van der Waals surface area contributed by atoms with E-state index in [0.717, 1.165) is 0 Å². The molecule has 0 saturated heterocycles. The number of imidazole rings is 1. The summed E-state index contributed by atoms with van der Waals surface area (Å²) in [6, 6.07) is 0. The van der Waals surface area contributed by atoms with Crippen LogP contribution in [0.25, 0.3) is 11.2 Å². The van der Waals surface area contributed by atoms with Gasteiger partial charge >= 0.3 is 7.60 Å². The molecule has 0 aliphatic rings. The van der Waals surface area contributed by atoms with Crippen molar-refractivity contribution in [1.29, 1.82) is 0 Å². The minimum Gasteiger partial charge on any atom is -0.368 e. The van der Waals surface area contributed by atoms with Crippen LogP contribution in [0.2, 0.25) is 5.15 Å². The third kappa shape index (κ3) is 4.17. The van der Waals surface area contributed by atoms with Gasteiger partial charge in [-0.05, 0) is 17.4 Å². The first-order valence-electron chi connectivity index (χ1n) is 8.40. The van der Waals surface area contributed by atoms with Gasteiger partial charge in [-0.2, -0.15) is 9.97 Å². The molecule has 0 bridgehead atoms. The van der Waals surface area contributed by atoms with Crippen molar-refractivity contribution < 1.29 is 19.1 Å². The van der Waals surface area contributed by atoms with E-state index in [-0.39, 0.29) is 24.3 Å². The Morgan fingerprint density at radius 2 is 1.96 bits per heavy atom. The highest BCUT2D eigenvalue weighted by atomic mass is 35.5. The maximum Gasteiger partial charge on any atom is 0.357 e.